The van der Waals surface area contributed by atoms with Crippen molar-refractivity contribution >= 4 is 22.6 Å². The second kappa shape index (κ2) is 9.01. The van der Waals surface area contributed by atoms with Crippen LogP contribution >= 0.6 is 0 Å². The molecule has 2 aromatic rings. The Balaban J connectivity index is 1.80. The first-order chi connectivity index (χ1) is 12.0. The van der Waals surface area contributed by atoms with Crippen molar-refractivity contribution in [2.24, 2.45) is 5.92 Å². The molecule has 2 amide bonds. The van der Waals surface area contributed by atoms with Gasteiger partial charge >= 0.3 is 0 Å². The third-order valence-corrected chi connectivity index (χ3v) is 3.92. The predicted octanol–water partition coefficient (Wildman–Crippen LogP) is 1.67. The Bertz CT molecular complexity index is 796. The van der Waals surface area contributed by atoms with Crippen LogP contribution in [0.2, 0.25) is 0 Å². The third-order valence-electron chi connectivity index (χ3n) is 3.92. The summed E-state index contributed by atoms with van der Waals surface area (Å²) in [5, 5.41) is 6.93. The zero-order chi connectivity index (χ0) is 18.2. The van der Waals surface area contributed by atoms with Crippen molar-refractivity contribution in [2.75, 3.05) is 13.1 Å². The number of carbonyl (C=O) groups is 2. The molecule has 0 atom stereocenters. The second-order valence-corrected chi connectivity index (χ2v) is 6.47. The van der Waals surface area contributed by atoms with Crippen LogP contribution in [0.4, 0.5) is 0 Å². The quantitative estimate of drug-likeness (QED) is 0.765. The maximum absolute atomic E-state index is 12.3. The fourth-order valence-electron chi connectivity index (χ4n) is 2.47. The summed E-state index contributed by atoms with van der Waals surface area (Å²) in [4.78, 5) is 36.0. The van der Waals surface area contributed by atoms with Crippen molar-refractivity contribution in [3.8, 4) is 0 Å². The van der Waals surface area contributed by atoms with Crippen molar-refractivity contribution in [3.05, 3.63) is 46.9 Å². The molecular formula is C19H25N3O3. The van der Waals surface area contributed by atoms with Crippen molar-refractivity contribution in [2.45, 2.75) is 33.2 Å². The van der Waals surface area contributed by atoms with E-state index in [0.717, 1.165) is 11.8 Å². The summed E-state index contributed by atoms with van der Waals surface area (Å²) in [6.07, 6.45) is 2.78. The van der Waals surface area contributed by atoms with E-state index >= 15 is 0 Å². The number of rotatable bonds is 8. The van der Waals surface area contributed by atoms with Crippen LogP contribution in [0.25, 0.3) is 10.8 Å². The predicted molar refractivity (Wildman–Crippen MR) is 98.3 cm³/mol. The topological polar surface area (TPSA) is 80.2 Å². The molecule has 6 heteroatoms. The van der Waals surface area contributed by atoms with Crippen LogP contribution in [-0.4, -0.2) is 29.5 Å². The standard InChI is InChI=1S/C19H25N3O3/c1-14(2)7-10-20-17(23)8-11-21-18(24)13-22-12-9-15-5-3-4-6-16(15)19(22)25/h3-6,9,12,14H,7-8,10-11,13H2,1-2H3,(H,20,23)(H,21,24). The molecule has 2 rings (SSSR count). The molecule has 6 nitrogen and oxygen atoms in total. The van der Waals surface area contributed by atoms with Crippen LogP contribution in [-0.2, 0) is 16.1 Å². The molecule has 0 aliphatic carbocycles. The summed E-state index contributed by atoms with van der Waals surface area (Å²) >= 11 is 0. The summed E-state index contributed by atoms with van der Waals surface area (Å²) in [6.45, 7) is 5.05. The highest BCUT2D eigenvalue weighted by molar-refractivity contribution is 5.82. The molecule has 0 radical (unpaired) electrons. The van der Waals surface area contributed by atoms with Gasteiger partial charge in [-0.2, -0.15) is 0 Å². The minimum Gasteiger partial charge on any atom is -0.356 e. The highest BCUT2D eigenvalue weighted by Gasteiger charge is 2.08. The Morgan fingerprint density at radius 3 is 2.52 bits per heavy atom. The molecule has 1 aromatic carbocycles. The molecule has 0 aliphatic rings. The Hall–Kier alpha value is -2.63. The van der Waals surface area contributed by atoms with E-state index in [2.05, 4.69) is 24.5 Å². The van der Waals surface area contributed by atoms with Gasteiger partial charge in [0, 0.05) is 31.1 Å². The molecule has 0 unspecified atom stereocenters. The van der Waals surface area contributed by atoms with Gasteiger partial charge < -0.3 is 15.2 Å². The largest absolute Gasteiger partial charge is 0.356 e. The number of carbonyl (C=O) groups excluding carboxylic acids is 2. The minimum absolute atomic E-state index is 0.0569. The Labute approximate surface area is 147 Å². The van der Waals surface area contributed by atoms with E-state index in [4.69, 9.17) is 0 Å². The first-order valence-electron chi connectivity index (χ1n) is 8.59. The van der Waals surface area contributed by atoms with Crippen LogP contribution in [0.15, 0.2) is 41.3 Å². The lowest BCUT2D eigenvalue weighted by Gasteiger charge is -2.09. The van der Waals surface area contributed by atoms with Crippen LogP contribution < -0.4 is 16.2 Å². The SMILES string of the molecule is CC(C)CCNC(=O)CCNC(=O)Cn1ccc2ccccc2c1=O. The fourth-order valence-corrected chi connectivity index (χ4v) is 2.47. The smallest absolute Gasteiger partial charge is 0.258 e. The average molecular weight is 343 g/mol. The van der Waals surface area contributed by atoms with Gasteiger partial charge in [0.1, 0.15) is 6.54 Å². The van der Waals surface area contributed by atoms with Crippen molar-refractivity contribution in [1.29, 1.82) is 0 Å². The average Bonchev–Trinajstić information content (AvgIpc) is 2.57. The maximum Gasteiger partial charge on any atom is 0.258 e. The van der Waals surface area contributed by atoms with E-state index in [1.54, 1.807) is 18.3 Å². The van der Waals surface area contributed by atoms with E-state index in [0.29, 0.717) is 17.8 Å². The van der Waals surface area contributed by atoms with Crippen LogP contribution in [0, 0.1) is 5.92 Å². The Morgan fingerprint density at radius 2 is 1.76 bits per heavy atom. The number of nitrogens with zero attached hydrogens (tertiary/aromatic N) is 1. The minimum atomic E-state index is -0.285. The monoisotopic (exact) mass is 343 g/mol. The highest BCUT2D eigenvalue weighted by atomic mass is 16.2. The molecule has 0 saturated carbocycles. The molecule has 134 valence electrons. The highest BCUT2D eigenvalue weighted by Crippen LogP contribution is 2.07. The number of nitrogens with one attached hydrogen (secondary N) is 2. The van der Waals surface area contributed by atoms with Gasteiger partial charge in [0.15, 0.2) is 0 Å². The zero-order valence-electron chi connectivity index (χ0n) is 14.7. The van der Waals surface area contributed by atoms with Gasteiger partial charge in [0.25, 0.3) is 5.56 Å². The summed E-state index contributed by atoms with van der Waals surface area (Å²) in [6, 6.07) is 9.08. The van der Waals surface area contributed by atoms with Crippen LogP contribution in [0.5, 0.6) is 0 Å². The molecule has 2 N–H and O–H groups in total. The number of hydrogen-bond acceptors (Lipinski definition) is 3. The van der Waals surface area contributed by atoms with Gasteiger partial charge in [0.2, 0.25) is 11.8 Å². The van der Waals surface area contributed by atoms with E-state index < -0.39 is 0 Å². The number of pyridine rings is 1. The number of hydrogen-bond donors (Lipinski definition) is 2. The first kappa shape index (κ1) is 18.7. The van der Waals surface area contributed by atoms with Gasteiger partial charge in [-0.05, 0) is 29.9 Å². The van der Waals surface area contributed by atoms with Gasteiger partial charge in [-0.15, -0.1) is 0 Å². The summed E-state index contributed by atoms with van der Waals surface area (Å²) in [5.41, 5.74) is -0.195. The third kappa shape index (κ3) is 5.74. The number of aromatic nitrogens is 1. The Kier molecular flexibility index (Phi) is 6.74. The number of amides is 2. The van der Waals surface area contributed by atoms with Gasteiger partial charge in [-0.25, -0.2) is 0 Å². The Morgan fingerprint density at radius 1 is 1.04 bits per heavy atom. The van der Waals surface area contributed by atoms with E-state index in [1.165, 1.54) is 4.57 Å². The molecule has 0 fully saturated rings. The van der Waals surface area contributed by atoms with Crippen molar-refractivity contribution in [1.82, 2.24) is 15.2 Å². The van der Waals surface area contributed by atoms with Gasteiger partial charge in [-0.3, -0.25) is 14.4 Å². The molecule has 1 aromatic heterocycles. The molecule has 0 saturated heterocycles. The fraction of sp³-hybridized carbons (Fsp3) is 0.421. The summed E-state index contributed by atoms with van der Waals surface area (Å²) in [7, 11) is 0. The van der Waals surface area contributed by atoms with Gasteiger partial charge in [-0.1, -0.05) is 32.0 Å². The van der Waals surface area contributed by atoms with E-state index in [9.17, 15) is 14.4 Å². The number of fused-ring (bicyclic) bond motifs is 1. The second-order valence-electron chi connectivity index (χ2n) is 6.47. The zero-order valence-corrected chi connectivity index (χ0v) is 14.7. The van der Waals surface area contributed by atoms with Gasteiger partial charge in [0.05, 0.1) is 0 Å². The maximum atomic E-state index is 12.3. The lowest BCUT2D eigenvalue weighted by atomic mass is 10.1. The number of benzene rings is 1. The van der Waals surface area contributed by atoms with E-state index in [1.807, 2.05) is 18.2 Å². The molecular weight excluding hydrogens is 318 g/mol. The lowest BCUT2D eigenvalue weighted by molar-refractivity contribution is -0.122. The van der Waals surface area contributed by atoms with Crippen LogP contribution in [0.3, 0.4) is 0 Å². The van der Waals surface area contributed by atoms with Crippen molar-refractivity contribution < 1.29 is 9.59 Å². The van der Waals surface area contributed by atoms with E-state index in [-0.39, 0.29) is 36.9 Å². The normalized spacial score (nSPS) is 10.8. The van der Waals surface area contributed by atoms with Crippen LogP contribution in [0.1, 0.15) is 26.7 Å². The molecule has 25 heavy (non-hydrogen) atoms. The molecule has 0 aliphatic heterocycles. The summed E-state index contributed by atoms with van der Waals surface area (Å²) < 4.78 is 1.38. The first-order valence-corrected chi connectivity index (χ1v) is 8.59. The van der Waals surface area contributed by atoms with Crippen molar-refractivity contribution in [3.63, 3.8) is 0 Å². The lowest BCUT2D eigenvalue weighted by Crippen LogP contribution is -2.35. The molecule has 0 spiro atoms. The summed E-state index contributed by atoms with van der Waals surface area (Å²) in [5.74, 6) is 0.177. The molecule has 0 bridgehead atoms. The molecule has 1 heterocycles.